The number of hydrogen-bond donors (Lipinski definition) is 2. The smallest absolute Gasteiger partial charge is 0.274 e. The Morgan fingerprint density at radius 3 is 2.35 bits per heavy atom. The second-order valence-electron chi connectivity index (χ2n) is 6.93. The third-order valence-electron chi connectivity index (χ3n) is 5.15. The third-order valence-corrected chi connectivity index (χ3v) is 5.15. The van der Waals surface area contributed by atoms with E-state index in [-0.39, 0.29) is 23.1 Å². The van der Waals surface area contributed by atoms with Crippen molar-refractivity contribution in [2.24, 2.45) is 7.05 Å². The molecule has 1 aromatic heterocycles. The van der Waals surface area contributed by atoms with Crippen molar-refractivity contribution in [1.82, 2.24) is 20.1 Å². The van der Waals surface area contributed by atoms with Crippen LogP contribution in [0.25, 0.3) is 0 Å². The topological polar surface area (TPSA) is 83.7 Å². The van der Waals surface area contributed by atoms with Crippen molar-refractivity contribution in [3.8, 4) is 0 Å². The number of nitrogens with one attached hydrogen (secondary N) is 2. The molecule has 2 aliphatic carbocycles. The summed E-state index contributed by atoms with van der Waals surface area (Å²) >= 11 is 0. The second-order valence-corrected chi connectivity index (χ2v) is 6.93. The fourth-order valence-electron chi connectivity index (χ4n) is 3.74. The van der Waals surface area contributed by atoms with Crippen LogP contribution in [0, 0.1) is 5.41 Å². The molecule has 3 rings (SSSR count). The summed E-state index contributed by atoms with van der Waals surface area (Å²) in [6, 6.07) is 0.231. The molecule has 1 aromatic rings. The highest BCUT2D eigenvalue weighted by molar-refractivity contribution is 5.91. The predicted molar refractivity (Wildman–Crippen MR) is 87.0 cm³/mol. The average molecular weight is 317 g/mol. The van der Waals surface area contributed by atoms with E-state index >= 15 is 0 Å². The Morgan fingerprint density at radius 1 is 1.09 bits per heavy atom. The summed E-state index contributed by atoms with van der Waals surface area (Å²) < 4.78 is 1.49. The molecule has 1 amide bonds. The predicted octanol–water partition coefficient (Wildman–Crippen LogP) is 2.40. The first kappa shape index (κ1) is 16.1. The monoisotopic (exact) mass is 317 g/mol. The Labute approximate surface area is 137 Å². The largest absolute Gasteiger partial charge is 0.348 e. The first-order valence-corrected chi connectivity index (χ1v) is 8.96. The van der Waals surface area contributed by atoms with Crippen LogP contribution in [0.3, 0.4) is 0 Å². The number of aryl methyl sites for hydroxylation is 1. The number of nitrogens with zero attached hydrogens (tertiary/aromatic N) is 3. The lowest BCUT2D eigenvalue weighted by Crippen LogP contribution is -2.41. The third kappa shape index (κ3) is 3.79. The van der Waals surface area contributed by atoms with Gasteiger partial charge in [0.2, 0.25) is 0 Å². The van der Waals surface area contributed by atoms with E-state index in [1.165, 1.54) is 43.2 Å². The normalized spacial score (nSPS) is 20.4. The fourth-order valence-corrected chi connectivity index (χ4v) is 3.74. The number of aromatic nitrogens is 3. The molecule has 6 heteroatoms. The summed E-state index contributed by atoms with van der Waals surface area (Å²) in [5, 5.41) is 15.6. The highest BCUT2D eigenvalue weighted by Crippen LogP contribution is 2.30. The first-order valence-electron chi connectivity index (χ1n) is 8.96. The average Bonchev–Trinajstić information content (AvgIpc) is 2.58. The van der Waals surface area contributed by atoms with Gasteiger partial charge in [-0.1, -0.05) is 38.5 Å². The maximum absolute atomic E-state index is 12.6. The molecule has 2 fully saturated rings. The summed E-state index contributed by atoms with van der Waals surface area (Å²) in [6.45, 7) is 0. The number of hydrogen-bond acceptors (Lipinski definition) is 4. The highest BCUT2D eigenvalue weighted by atomic mass is 16.2. The lowest BCUT2D eigenvalue weighted by Gasteiger charge is -2.23. The van der Waals surface area contributed by atoms with E-state index in [9.17, 15) is 4.79 Å². The molecule has 2 aliphatic rings. The molecule has 23 heavy (non-hydrogen) atoms. The Balaban J connectivity index is 1.80. The number of carbonyl (C=O) groups excluding carboxylic acids is 1. The first-order chi connectivity index (χ1) is 11.1. The number of carbonyl (C=O) groups is 1. The van der Waals surface area contributed by atoms with Crippen LogP contribution in [0.4, 0.5) is 0 Å². The minimum absolute atomic E-state index is 0.0952. The van der Waals surface area contributed by atoms with E-state index in [0.717, 1.165) is 31.5 Å². The number of rotatable bonds is 3. The molecule has 6 nitrogen and oxygen atoms in total. The van der Waals surface area contributed by atoms with Crippen molar-refractivity contribution in [3.05, 3.63) is 17.0 Å². The van der Waals surface area contributed by atoms with Gasteiger partial charge >= 0.3 is 0 Å². The molecule has 0 radical (unpaired) electrons. The molecule has 2 saturated carbocycles. The second kappa shape index (κ2) is 7.23. The molecule has 0 aliphatic heterocycles. The van der Waals surface area contributed by atoms with Gasteiger partial charge in [0.25, 0.3) is 5.91 Å². The van der Waals surface area contributed by atoms with Crippen LogP contribution in [0.1, 0.15) is 86.4 Å². The molecule has 0 atom stereocenters. The molecular weight excluding hydrogens is 290 g/mol. The standard InChI is InChI=1S/C17H27N5O/c1-22-15(18)14(17(23)19-13-10-6-3-7-11-13)20-16(21-22)12-8-4-2-5-9-12/h12-13,18H,2-11H2,1H3,(H,19,23). The van der Waals surface area contributed by atoms with E-state index in [2.05, 4.69) is 15.4 Å². The maximum atomic E-state index is 12.6. The number of amides is 1. The lowest BCUT2D eigenvalue weighted by molar-refractivity contribution is 0.0918. The zero-order valence-corrected chi connectivity index (χ0v) is 14.0. The molecule has 1 heterocycles. The van der Waals surface area contributed by atoms with Gasteiger partial charge in [0.1, 0.15) is 0 Å². The molecule has 0 spiro atoms. The Morgan fingerprint density at radius 2 is 1.70 bits per heavy atom. The van der Waals surface area contributed by atoms with Crippen LogP contribution in [0.15, 0.2) is 0 Å². The van der Waals surface area contributed by atoms with Crippen molar-refractivity contribution in [1.29, 1.82) is 5.41 Å². The van der Waals surface area contributed by atoms with Crippen molar-refractivity contribution < 1.29 is 4.79 Å². The van der Waals surface area contributed by atoms with Gasteiger partial charge in [0.15, 0.2) is 17.0 Å². The molecule has 0 unspecified atom stereocenters. The highest BCUT2D eigenvalue weighted by Gasteiger charge is 2.23. The van der Waals surface area contributed by atoms with Gasteiger partial charge in [0, 0.05) is 19.0 Å². The maximum Gasteiger partial charge on any atom is 0.274 e. The Kier molecular flexibility index (Phi) is 5.08. The van der Waals surface area contributed by atoms with Crippen LogP contribution in [-0.4, -0.2) is 26.7 Å². The SMILES string of the molecule is Cn1nc(C2CCCCC2)nc(C(=O)NC2CCCCC2)c1=N. The molecule has 126 valence electrons. The van der Waals surface area contributed by atoms with E-state index in [1.54, 1.807) is 7.05 Å². The molecular formula is C17H27N5O. The molecule has 0 bridgehead atoms. The summed E-state index contributed by atoms with van der Waals surface area (Å²) in [6.07, 6.45) is 11.5. The molecule has 0 aromatic carbocycles. The summed E-state index contributed by atoms with van der Waals surface area (Å²) in [5.74, 6) is 0.853. The zero-order valence-electron chi connectivity index (χ0n) is 14.0. The van der Waals surface area contributed by atoms with E-state index < -0.39 is 0 Å². The summed E-state index contributed by atoms with van der Waals surface area (Å²) in [7, 11) is 1.73. The van der Waals surface area contributed by atoms with Gasteiger partial charge in [-0.05, 0) is 25.7 Å². The van der Waals surface area contributed by atoms with Crippen LogP contribution < -0.4 is 10.8 Å². The van der Waals surface area contributed by atoms with Crippen LogP contribution >= 0.6 is 0 Å². The zero-order chi connectivity index (χ0) is 16.2. The Hall–Kier alpha value is -1.72. The van der Waals surface area contributed by atoms with Crippen LogP contribution in [0.2, 0.25) is 0 Å². The van der Waals surface area contributed by atoms with Crippen molar-refractivity contribution in [3.63, 3.8) is 0 Å². The van der Waals surface area contributed by atoms with E-state index in [4.69, 9.17) is 5.41 Å². The van der Waals surface area contributed by atoms with Gasteiger partial charge in [-0.2, -0.15) is 5.10 Å². The minimum Gasteiger partial charge on any atom is -0.348 e. The van der Waals surface area contributed by atoms with Gasteiger partial charge < -0.3 is 5.32 Å². The van der Waals surface area contributed by atoms with Crippen LogP contribution in [0.5, 0.6) is 0 Å². The van der Waals surface area contributed by atoms with Crippen molar-refractivity contribution >= 4 is 5.91 Å². The van der Waals surface area contributed by atoms with E-state index in [1.807, 2.05) is 0 Å². The fraction of sp³-hybridized carbons (Fsp3) is 0.765. The van der Waals surface area contributed by atoms with Gasteiger partial charge in [0.05, 0.1) is 0 Å². The van der Waals surface area contributed by atoms with E-state index in [0.29, 0.717) is 5.92 Å². The quantitative estimate of drug-likeness (QED) is 0.898. The van der Waals surface area contributed by atoms with Crippen LogP contribution in [-0.2, 0) is 7.05 Å². The lowest BCUT2D eigenvalue weighted by atomic mass is 9.89. The van der Waals surface area contributed by atoms with Gasteiger partial charge in [-0.15, -0.1) is 0 Å². The molecule has 2 N–H and O–H groups in total. The van der Waals surface area contributed by atoms with Gasteiger partial charge in [-0.3, -0.25) is 10.2 Å². The minimum atomic E-state index is -0.211. The Bertz CT molecular complexity index is 612. The van der Waals surface area contributed by atoms with Crippen molar-refractivity contribution in [2.75, 3.05) is 0 Å². The molecule has 0 saturated heterocycles. The van der Waals surface area contributed by atoms with Gasteiger partial charge in [-0.25, -0.2) is 9.67 Å². The summed E-state index contributed by atoms with van der Waals surface area (Å²) in [4.78, 5) is 17.1. The summed E-state index contributed by atoms with van der Waals surface area (Å²) in [5.41, 5.74) is 0.325. The van der Waals surface area contributed by atoms with Crippen molar-refractivity contribution in [2.45, 2.75) is 76.2 Å².